The molecular formula is C20H21BrN2O7S. The third-order valence-corrected chi connectivity index (χ3v) is 5.84. The smallest absolute Gasteiger partial charge is 0.344 e. The molecule has 11 heteroatoms. The Labute approximate surface area is 191 Å². The van der Waals surface area contributed by atoms with Gasteiger partial charge in [-0.1, -0.05) is 15.9 Å². The molecule has 9 nitrogen and oxygen atoms in total. The summed E-state index contributed by atoms with van der Waals surface area (Å²) in [6, 6.07) is 5.07. The number of imide groups is 1. The van der Waals surface area contributed by atoms with Crippen LogP contribution in [-0.2, 0) is 23.9 Å². The van der Waals surface area contributed by atoms with Crippen LogP contribution in [0.3, 0.4) is 0 Å². The second-order valence-corrected chi connectivity index (χ2v) is 8.45. The number of carbonyl (C=O) groups excluding carboxylic acids is 4. The molecule has 0 radical (unpaired) electrons. The van der Waals surface area contributed by atoms with Gasteiger partial charge in [0.1, 0.15) is 12.3 Å². The first kappa shape index (κ1) is 23.3. The summed E-state index contributed by atoms with van der Waals surface area (Å²) < 4.78 is 16.3. The van der Waals surface area contributed by atoms with Crippen LogP contribution >= 0.6 is 27.7 Å². The number of benzene rings is 1. The van der Waals surface area contributed by atoms with Crippen LogP contribution in [0.2, 0.25) is 0 Å². The number of carbonyl (C=O) groups is 4. The van der Waals surface area contributed by atoms with Crippen molar-refractivity contribution in [2.45, 2.75) is 6.92 Å². The van der Waals surface area contributed by atoms with E-state index in [1.165, 1.54) is 6.08 Å². The van der Waals surface area contributed by atoms with Gasteiger partial charge in [0.05, 0.1) is 24.7 Å². The van der Waals surface area contributed by atoms with E-state index in [0.29, 0.717) is 37.6 Å². The standard InChI is InChI=1S/C20H21BrN2O7S/c1-2-29-18(25)12-30-15-4-3-14(21)9-13(15)10-16-19(26)23(20(27)31-16)11-17(24)22-5-7-28-8-6-22/h3-4,9-10H,2,5-8,11-12H2,1H3/b16-10+. The molecule has 2 saturated heterocycles. The van der Waals surface area contributed by atoms with Crippen LogP contribution in [0.15, 0.2) is 27.6 Å². The fourth-order valence-electron chi connectivity index (χ4n) is 2.93. The predicted molar refractivity (Wildman–Crippen MR) is 116 cm³/mol. The van der Waals surface area contributed by atoms with Gasteiger partial charge in [0.25, 0.3) is 11.1 Å². The molecule has 0 N–H and O–H groups in total. The topological polar surface area (TPSA) is 102 Å². The second kappa shape index (κ2) is 10.8. The van der Waals surface area contributed by atoms with Crippen molar-refractivity contribution in [2.24, 2.45) is 0 Å². The third kappa shape index (κ3) is 6.08. The van der Waals surface area contributed by atoms with E-state index in [1.54, 1.807) is 30.0 Å². The fraction of sp³-hybridized carbons (Fsp3) is 0.400. The van der Waals surface area contributed by atoms with Gasteiger partial charge in [-0.25, -0.2) is 4.79 Å². The number of thioether (sulfide) groups is 1. The Kier molecular flexibility index (Phi) is 8.10. The Morgan fingerprint density at radius 3 is 2.71 bits per heavy atom. The molecule has 31 heavy (non-hydrogen) atoms. The average molecular weight is 513 g/mol. The SMILES string of the molecule is CCOC(=O)COc1ccc(Br)cc1/C=C1/SC(=O)N(CC(=O)N2CCOCC2)C1=O. The first-order chi connectivity index (χ1) is 14.9. The average Bonchev–Trinajstić information content (AvgIpc) is 3.01. The van der Waals surface area contributed by atoms with Gasteiger partial charge in [-0.2, -0.15) is 0 Å². The van der Waals surface area contributed by atoms with Gasteiger partial charge in [-0.05, 0) is 43.0 Å². The molecule has 2 fully saturated rings. The predicted octanol–water partition coefficient (Wildman–Crippen LogP) is 2.29. The van der Waals surface area contributed by atoms with Gasteiger partial charge < -0.3 is 19.1 Å². The Balaban J connectivity index is 1.73. The Morgan fingerprint density at radius 2 is 2.00 bits per heavy atom. The number of hydrogen-bond acceptors (Lipinski definition) is 8. The maximum atomic E-state index is 12.8. The van der Waals surface area contributed by atoms with Gasteiger partial charge in [-0.3, -0.25) is 19.3 Å². The monoisotopic (exact) mass is 512 g/mol. The van der Waals surface area contributed by atoms with Gasteiger partial charge in [0.2, 0.25) is 5.91 Å². The van der Waals surface area contributed by atoms with Crippen LogP contribution in [0.5, 0.6) is 5.75 Å². The van der Waals surface area contributed by atoms with Crippen molar-refractivity contribution >= 4 is 56.8 Å². The molecule has 0 bridgehead atoms. The van der Waals surface area contributed by atoms with Crippen molar-refractivity contribution in [2.75, 3.05) is 46.1 Å². The maximum absolute atomic E-state index is 12.8. The zero-order valence-corrected chi connectivity index (χ0v) is 19.2. The quantitative estimate of drug-likeness (QED) is 0.405. The number of halogens is 1. The summed E-state index contributed by atoms with van der Waals surface area (Å²) in [6.07, 6.45) is 1.51. The highest BCUT2D eigenvalue weighted by molar-refractivity contribution is 9.10. The molecule has 0 saturated carbocycles. The molecule has 3 amide bonds. The van der Waals surface area contributed by atoms with Crippen molar-refractivity contribution in [3.8, 4) is 5.75 Å². The van der Waals surface area contributed by atoms with Crippen molar-refractivity contribution in [1.82, 2.24) is 9.80 Å². The normalized spacial score (nSPS) is 17.9. The van der Waals surface area contributed by atoms with Crippen LogP contribution < -0.4 is 4.74 Å². The molecule has 2 heterocycles. The van der Waals surface area contributed by atoms with Crippen LogP contribution in [0.25, 0.3) is 6.08 Å². The molecule has 1 aromatic rings. The molecule has 0 aliphatic carbocycles. The molecule has 2 aliphatic heterocycles. The number of morpholine rings is 1. The second-order valence-electron chi connectivity index (χ2n) is 6.54. The molecule has 0 unspecified atom stereocenters. The highest BCUT2D eigenvalue weighted by Gasteiger charge is 2.37. The van der Waals surface area contributed by atoms with E-state index in [0.717, 1.165) is 21.1 Å². The summed E-state index contributed by atoms with van der Waals surface area (Å²) in [6.45, 7) is 3.08. The first-order valence-corrected chi connectivity index (χ1v) is 11.2. The largest absolute Gasteiger partial charge is 0.481 e. The number of nitrogens with zero attached hydrogens (tertiary/aromatic N) is 2. The lowest BCUT2D eigenvalue weighted by Crippen LogP contribution is -2.46. The molecule has 2 aliphatic rings. The minimum atomic E-state index is -0.548. The summed E-state index contributed by atoms with van der Waals surface area (Å²) in [5.74, 6) is -1.01. The lowest BCUT2D eigenvalue weighted by atomic mass is 10.2. The van der Waals surface area contributed by atoms with Crippen molar-refractivity contribution in [1.29, 1.82) is 0 Å². The summed E-state index contributed by atoms with van der Waals surface area (Å²) in [5.41, 5.74) is 0.503. The van der Waals surface area contributed by atoms with Gasteiger partial charge in [0.15, 0.2) is 6.61 Å². The minimum Gasteiger partial charge on any atom is -0.481 e. The number of amides is 3. The van der Waals surface area contributed by atoms with E-state index in [4.69, 9.17) is 14.2 Å². The zero-order valence-electron chi connectivity index (χ0n) is 16.8. The van der Waals surface area contributed by atoms with Crippen molar-refractivity contribution < 1.29 is 33.4 Å². The lowest BCUT2D eigenvalue weighted by Gasteiger charge is -2.28. The fourth-order valence-corrected chi connectivity index (χ4v) is 4.14. The summed E-state index contributed by atoms with van der Waals surface area (Å²) in [4.78, 5) is 51.9. The Bertz CT molecular complexity index is 915. The maximum Gasteiger partial charge on any atom is 0.344 e. The number of ether oxygens (including phenoxy) is 3. The molecular weight excluding hydrogens is 492 g/mol. The van der Waals surface area contributed by atoms with E-state index in [1.807, 2.05) is 0 Å². The highest BCUT2D eigenvalue weighted by Crippen LogP contribution is 2.35. The number of esters is 1. The molecule has 3 rings (SSSR count). The van der Waals surface area contributed by atoms with E-state index in [2.05, 4.69) is 15.9 Å². The molecule has 166 valence electrons. The van der Waals surface area contributed by atoms with Gasteiger partial charge >= 0.3 is 5.97 Å². The zero-order chi connectivity index (χ0) is 22.4. The van der Waals surface area contributed by atoms with E-state index < -0.39 is 17.1 Å². The van der Waals surface area contributed by atoms with Gasteiger partial charge in [-0.15, -0.1) is 0 Å². The molecule has 0 aromatic heterocycles. The summed E-state index contributed by atoms with van der Waals surface area (Å²) in [5, 5.41) is -0.512. The van der Waals surface area contributed by atoms with Gasteiger partial charge in [0, 0.05) is 23.1 Å². The Hall–Kier alpha value is -2.37. The summed E-state index contributed by atoms with van der Waals surface area (Å²) in [7, 11) is 0. The lowest BCUT2D eigenvalue weighted by molar-refractivity contribution is -0.145. The number of rotatable bonds is 7. The minimum absolute atomic E-state index is 0.166. The van der Waals surface area contributed by atoms with E-state index >= 15 is 0 Å². The van der Waals surface area contributed by atoms with E-state index in [-0.39, 0.29) is 30.6 Å². The van der Waals surface area contributed by atoms with Crippen LogP contribution in [0.4, 0.5) is 4.79 Å². The Morgan fingerprint density at radius 1 is 1.26 bits per heavy atom. The molecule has 0 atom stereocenters. The summed E-state index contributed by atoms with van der Waals surface area (Å²) >= 11 is 4.11. The van der Waals surface area contributed by atoms with Crippen LogP contribution in [-0.4, -0.2) is 78.9 Å². The van der Waals surface area contributed by atoms with Crippen molar-refractivity contribution in [3.05, 3.63) is 33.1 Å². The van der Waals surface area contributed by atoms with Crippen molar-refractivity contribution in [3.63, 3.8) is 0 Å². The first-order valence-electron chi connectivity index (χ1n) is 9.58. The number of hydrogen-bond donors (Lipinski definition) is 0. The molecule has 0 spiro atoms. The van der Waals surface area contributed by atoms with Crippen LogP contribution in [0.1, 0.15) is 12.5 Å². The highest BCUT2D eigenvalue weighted by atomic mass is 79.9. The van der Waals surface area contributed by atoms with E-state index in [9.17, 15) is 19.2 Å². The van der Waals surface area contributed by atoms with Crippen LogP contribution in [0, 0.1) is 0 Å². The third-order valence-electron chi connectivity index (χ3n) is 4.44. The molecule has 1 aromatic carbocycles.